The third-order valence-electron chi connectivity index (χ3n) is 3.58. The molecule has 7 heteroatoms. The average molecular weight is 369 g/mol. The van der Waals surface area contributed by atoms with Crippen LogP contribution in [0.1, 0.15) is 6.92 Å². The molecule has 22 heavy (non-hydrogen) atoms. The van der Waals surface area contributed by atoms with Crippen molar-refractivity contribution in [1.29, 1.82) is 0 Å². The summed E-state index contributed by atoms with van der Waals surface area (Å²) in [6.07, 6.45) is 0. The van der Waals surface area contributed by atoms with Gasteiger partial charge in [-0.15, -0.1) is 0 Å². The maximum Gasteiger partial charge on any atom is 0.243 e. The zero-order valence-corrected chi connectivity index (χ0v) is 14.1. The molecule has 2 amide bonds. The summed E-state index contributed by atoms with van der Waals surface area (Å²) in [5.74, 6) is -0.371. The number of carbonyl (C=O) groups excluding carboxylic acids is 2. The zero-order chi connectivity index (χ0) is 15.9. The van der Waals surface area contributed by atoms with Crippen molar-refractivity contribution >= 4 is 33.4 Å². The Bertz CT molecular complexity index is 538. The third-order valence-corrected chi connectivity index (χ3v) is 4.27. The molecule has 2 rings (SSSR count). The summed E-state index contributed by atoms with van der Waals surface area (Å²) >= 11 is 3.36. The number of hydrogen-bond donors (Lipinski definition) is 3. The lowest BCUT2D eigenvalue weighted by Gasteiger charge is -2.33. The van der Waals surface area contributed by atoms with E-state index in [0.29, 0.717) is 18.3 Å². The van der Waals surface area contributed by atoms with Gasteiger partial charge in [0.05, 0.1) is 18.8 Å². The molecule has 0 bridgehead atoms. The fourth-order valence-corrected chi connectivity index (χ4v) is 2.68. The molecule has 1 atom stereocenters. The first kappa shape index (κ1) is 16.9. The zero-order valence-electron chi connectivity index (χ0n) is 12.6. The molecule has 1 aromatic rings. The number of benzene rings is 1. The van der Waals surface area contributed by atoms with Crippen LogP contribution in [0.15, 0.2) is 28.7 Å². The maximum absolute atomic E-state index is 11.9. The normalized spacial score (nSPS) is 18.7. The van der Waals surface area contributed by atoms with E-state index in [2.05, 4.69) is 43.7 Å². The van der Waals surface area contributed by atoms with Gasteiger partial charge in [-0.3, -0.25) is 14.5 Å². The van der Waals surface area contributed by atoms with Crippen LogP contribution in [0.5, 0.6) is 0 Å². The van der Waals surface area contributed by atoms with Crippen LogP contribution in [0.2, 0.25) is 0 Å². The monoisotopic (exact) mass is 368 g/mol. The predicted octanol–water partition coefficient (Wildman–Crippen LogP) is 0.798. The van der Waals surface area contributed by atoms with Crippen molar-refractivity contribution in [2.24, 2.45) is 0 Å². The standard InChI is InChI=1S/C15H21BrN4O2/c1-11-8-17-6-7-20(11)10-15(22)18-9-14(21)19-13-5-3-2-4-12(13)16/h2-5,11,17H,6-10H2,1H3,(H,18,22)(H,19,21)/t11-/m1/s1. The summed E-state index contributed by atoms with van der Waals surface area (Å²) in [6, 6.07) is 7.68. The highest BCUT2D eigenvalue weighted by atomic mass is 79.9. The highest BCUT2D eigenvalue weighted by Crippen LogP contribution is 2.20. The second-order valence-electron chi connectivity index (χ2n) is 5.33. The molecule has 1 aliphatic rings. The van der Waals surface area contributed by atoms with Crippen LogP contribution in [0.25, 0.3) is 0 Å². The fraction of sp³-hybridized carbons (Fsp3) is 0.467. The van der Waals surface area contributed by atoms with Crippen molar-refractivity contribution in [1.82, 2.24) is 15.5 Å². The van der Waals surface area contributed by atoms with E-state index in [1.54, 1.807) is 6.07 Å². The second kappa shape index (κ2) is 8.26. The van der Waals surface area contributed by atoms with Crippen molar-refractivity contribution in [2.75, 3.05) is 38.0 Å². The number of amides is 2. The predicted molar refractivity (Wildman–Crippen MR) is 89.7 cm³/mol. The van der Waals surface area contributed by atoms with E-state index in [9.17, 15) is 9.59 Å². The fourth-order valence-electron chi connectivity index (χ4n) is 2.29. The Hall–Kier alpha value is -1.44. The van der Waals surface area contributed by atoms with Crippen LogP contribution < -0.4 is 16.0 Å². The third kappa shape index (κ3) is 5.08. The molecule has 0 unspecified atom stereocenters. The molecule has 1 saturated heterocycles. The van der Waals surface area contributed by atoms with Gasteiger partial charge in [0.25, 0.3) is 0 Å². The number of rotatable bonds is 5. The minimum Gasteiger partial charge on any atom is -0.346 e. The molecule has 3 N–H and O–H groups in total. The lowest BCUT2D eigenvalue weighted by molar-refractivity contribution is -0.125. The van der Waals surface area contributed by atoms with Gasteiger partial charge in [0, 0.05) is 30.1 Å². The molecule has 0 spiro atoms. The van der Waals surface area contributed by atoms with E-state index in [1.807, 2.05) is 18.2 Å². The van der Waals surface area contributed by atoms with Gasteiger partial charge in [-0.2, -0.15) is 0 Å². The van der Waals surface area contributed by atoms with Gasteiger partial charge in [0.1, 0.15) is 0 Å². The number of hydrogen-bond acceptors (Lipinski definition) is 4. The number of halogens is 1. The molecule has 0 saturated carbocycles. The SMILES string of the molecule is C[C@@H]1CNCCN1CC(=O)NCC(=O)Nc1ccccc1Br. The molecule has 1 fully saturated rings. The van der Waals surface area contributed by atoms with E-state index >= 15 is 0 Å². The first-order valence-electron chi connectivity index (χ1n) is 7.32. The summed E-state index contributed by atoms with van der Waals surface area (Å²) in [4.78, 5) is 25.9. The smallest absolute Gasteiger partial charge is 0.243 e. The number of para-hydroxylation sites is 1. The number of nitrogens with one attached hydrogen (secondary N) is 3. The van der Waals surface area contributed by atoms with E-state index in [-0.39, 0.29) is 18.4 Å². The van der Waals surface area contributed by atoms with E-state index in [1.165, 1.54) is 0 Å². The molecule has 0 aromatic heterocycles. The Morgan fingerprint density at radius 2 is 2.14 bits per heavy atom. The molecule has 120 valence electrons. The topological polar surface area (TPSA) is 73.5 Å². The Balaban J connectivity index is 1.74. The van der Waals surface area contributed by atoms with Crippen molar-refractivity contribution in [3.8, 4) is 0 Å². The minimum absolute atomic E-state index is 0.0271. The molecule has 0 aliphatic carbocycles. The van der Waals surface area contributed by atoms with Crippen LogP contribution in [0, 0.1) is 0 Å². The molecule has 1 aliphatic heterocycles. The van der Waals surface area contributed by atoms with Crippen molar-refractivity contribution in [3.63, 3.8) is 0 Å². The lowest BCUT2D eigenvalue weighted by Crippen LogP contribution is -2.53. The molecular formula is C15H21BrN4O2. The summed E-state index contributed by atoms with van der Waals surface area (Å²) in [5, 5.41) is 8.69. The van der Waals surface area contributed by atoms with E-state index < -0.39 is 0 Å². The van der Waals surface area contributed by atoms with Crippen LogP contribution in [-0.4, -0.2) is 55.5 Å². The minimum atomic E-state index is -0.242. The first-order valence-corrected chi connectivity index (χ1v) is 8.11. The lowest BCUT2D eigenvalue weighted by atomic mass is 10.2. The molecule has 0 radical (unpaired) electrons. The van der Waals surface area contributed by atoms with Gasteiger partial charge in [-0.05, 0) is 35.0 Å². The summed E-state index contributed by atoms with van der Waals surface area (Å²) < 4.78 is 0.810. The number of carbonyl (C=O) groups is 2. The number of nitrogens with zero attached hydrogens (tertiary/aromatic N) is 1. The maximum atomic E-state index is 11.9. The van der Waals surface area contributed by atoms with Gasteiger partial charge >= 0.3 is 0 Å². The van der Waals surface area contributed by atoms with Gasteiger partial charge in [0.15, 0.2) is 0 Å². The summed E-state index contributed by atoms with van der Waals surface area (Å²) in [7, 11) is 0. The largest absolute Gasteiger partial charge is 0.346 e. The highest BCUT2D eigenvalue weighted by Gasteiger charge is 2.20. The van der Waals surface area contributed by atoms with Crippen molar-refractivity contribution < 1.29 is 9.59 Å². The van der Waals surface area contributed by atoms with Crippen LogP contribution in [0.4, 0.5) is 5.69 Å². The van der Waals surface area contributed by atoms with Crippen LogP contribution in [-0.2, 0) is 9.59 Å². The Morgan fingerprint density at radius 1 is 1.36 bits per heavy atom. The van der Waals surface area contributed by atoms with E-state index in [4.69, 9.17) is 0 Å². The Kier molecular flexibility index (Phi) is 6.35. The first-order chi connectivity index (χ1) is 10.6. The van der Waals surface area contributed by atoms with Crippen molar-refractivity contribution in [2.45, 2.75) is 13.0 Å². The van der Waals surface area contributed by atoms with Crippen LogP contribution in [0.3, 0.4) is 0 Å². The average Bonchev–Trinajstić information content (AvgIpc) is 2.50. The van der Waals surface area contributed by atoms with Gasteiger partial charge < -0.3 is 16.0 Å². The summed E-state index contributed by atoms with van der Waals surface area (Å²) in [6.45, 7) is 5.00. The summed E-state index contributed by atoms with van der Waals surface area (Å²) in [5.41, 5.74) is 0.692. The van der Waals surface area contributed by atoms with Crippen LogP contribution >= 0.6 is 15.9 Å². The van der Waals surface area contributed by atoms with Gasteiger partial charge in [0.2, 0.25) is 11.8 Å². The Morgan fingerprint density at radius 3 is 2.86 bits per heavy atom. The van der Waals surface area contributed by atoms with E-state index in [0.717, 1.165) is 24.1 Å². The Labute approximate surface area is 138 Å². The number of anilines is 1. The van der Waals surface area contributed by atoms with Crippen molar-refractivity contribution in [3.05, 3.63) is 28.7 Å². The number of piperazine rings is 1. The van der Waals surface area contributed by atoms with Gasteiger partial charge in [-0.1, -0.05) is 12.1 Å². The molecule has 1 aromatic carbocycles. The quantitative estimate of drug-likeness (QED) is 0.718. The molecule has 1 heterocycles. The molecule has 6 nitrogen and oxygen atoms in total. The molecular weight excluding hydrogens is 348 g/mol. The van der Waals surface area contributed by atoms with Gasteiger partial charge in [-0.25, -0.2) is 0 Å². The second-order valence-corrected chi connectivity index (χ2v) is 6.18. The highest BCUT2D eigenvalue weighted by molar-refractivity contribution is 9.10.